The second-order valence-corrected chi connectivity index (χ2v) is 6.08. The second-order valence-electron chi connectivity index (χ2n) is 5.13. The Balaban J connectivity index is 2.00. The maximum atomic E-state index is 11.9. The van der Waals surface area contributed by atoms with Crippen molar-refractivity contribution >= 4 is 28.3 Å². The molecule has 0 aromatic carbocycles. The van der Waals surface area contributed by atoms with Crippen LogP contribution in [-0.4, -0.2) is 27.2 Å². The Hall–Kier alpha value is -2.21. The highest BCUT2D eigenvalue weighted by Gasteiger charge is 2.15. The molecule has 3 aromatic heterocycles. The molecule has 0 spiro atoms. The summed E-state index contributed by atoms with van der Waals surface area (Å²) in [4.78, 5) is 17.6. The molecule has 3 heterocycles. The summed E-state index contributed by atoms with van der Waals surface area (Å²) in [5.74, 6) is -0.0328. The maximum absolute atomic E-state index is 11.9. The van der Waals surface area contributed by atoms with E-state index in [-0.39, 0.29) is 12.5 Å². The lowest BCUT2D eigenvalue weighted by Crippen LogP contribution is -2.28. The lowest BCUT2D eigenvalue weighted by atomic mass is 10.1. The molecule has 0 unspecified atom stereocenters. The van der Waals surface area contributed by atoms with Crippen molar-refractivity contribution in [3.63, 3.8) is 0 Å². The molecule has 0 atom stereocenters. The van der Waals surface area contributed by atoms with Crippen molar-refractivity contribution in [2.75, 3.05) is 6.54 Å². The summed E-state index contributed by atoms with van der Waals surface area (Å²) in [7, 11) is 0. The molecule has 3 rings (SSSR count). The molecule has 0 saturated carbocycles. The molecule has 0 saturated heterocycles. The summed E-state index contributed by atoms with van der Waals surface area (Å²) in [6.45, 7) is 4.88. The highest BCUT2D eigenvalue weighted by atomic mass is 32.1. The lowest BCUT2D eigenvalue weighted by Gasteiger charge is -2.05. The number of nitrogens with zero attached hydrogens (tertiary/aromatic N) is 3. The molecular weight excluding hydrogens is 296 g/mol. The van der Waals surface area contributed by atoms with Crippen molar-refractivity contribution in [2.24, 2.45) is 0 Å². The standard InChI is InChI=1S/C16H18N4OS/c1-3-7-17-14(21)10-20-16-15(11(2)19-20)12(6-8-18-16)13-5-4-9-22-13/h4-6,8-9H,3,7,10H2,1-2H3,(H,17,21). The van der Waals surface area contributed by atoms with Crippen molar-refractivity contribution in [3.05, 3.63) is 35.5 Å². The van der Waals surface area contributed by atoms with Crippen LogP contribution in [0.25, 0.3) is 21.5 Å². The van der Waals surface area contributed by atoms with Crippen LogP contribution in [0.4, 0.5) is 0 Å². The maximum Gasteiger partial charge on any atom is 0.241 e. The Morgan fingerprint density at radius 1 is 1.41 bits per heavy atom. The largest absolute Gasteiger partial charge is 0.355 e. The predicted octanol–water partition coefficient (Wildman–Crippen LogP) is 2.99. The Morgan fingerprint density at radius 3 is 3.00 bits per heavy atom. The summed E-state index contributed by atoms with van der Waals surface area (Å²) in [6, 6.07) is 6.12. The van der Waals surface area contributed by atoms with E-state index in [1.807, 2.05) is 26.0 Å². The van der Waals surface area contributed by atoms with Crippen LogP contribution in [0.2, 0.25) is 0 Å². The number of amides is 1. The first kappa shape index (κ1) is 14.7. The van der Waals surface area contributed by atoms with E-state index in [0.717, 1.165) is 28.7 Å². The third kappa shape index (κ3) is 2.74. The molecule has 6 heteroatoms. The van der Waals surface area contributed by atoms with E-state index in [4.69, 9.17) is 0 Å². The fourth-order valence-corrected chi connectivity index (χ4v) is 3.24. The molecule has 0 radical (unpaired) electrons. The minimum absolute atomic E-state index is 0.0328. The summed E-state index contributed by atoms with van der Waals surface area (Å²) >= 11 is 1.69. The Kier molecular flexibility index (Phi) is 4.20. The number of nitrogens with one attached hydrogen (secondary N) is 1. The van der Waals surface area contributed by atoms with Gasteiger partial charge in [0.15, 0.2) is 5.65 Å². The third-order valence-electron chi connectivity index (χ3n) is 3.46. The molecule has 1 N–H and O–H groups in total. The molecule has 22 heavy (non-hydrogen) atoms. The molecule has 1 amide bonds. The van der Waals surface area contributed by atoms with Gasteiger partial charge >= 0.3 is 0 Å². The van der Waals surface area contributed by atoms with E-state index in [1.54, 1.807) is 22.2 Å². The minimum atomic E-state index is -0.0328. The molecule has 0 aliphatic carbocycles. The topological polar surface area (TPSA) is 59.8 Å². The third-order valence-corrected chi connectivity index (χ3v) is 4.36. The molecule has 3 aromatic rings. The summed E-state index contributed by atoms with van der Waals surface area (Å²) < 4.78 is 1.69. The van der Waals surface area contributed by atoms with Gasteiger partial charge in [0, 0.05) is 23.2 Å². The van der Waals surface area contributed by atoms with Gasteiger partial charge in [-0.05, 0) is 30.9 Å². The van der Waals surface area contributed by atoms with E-state index in [9.17, 15) is 4.79 Å². The van der Waals surface area contributed by atoms with Crippen LogP contribution in [0, 0.1) is 6.92 Å². The molecule has 0 aliphatic rings. The SMILES string of the molecule is CCCNC(=O)Cn1nc(C)c2c(-c3cccs3)ccnc21. The molecule has 114 valence electrons. The van der Waals surface area contributed by atoms with E-state index in [1.165, 1.54) is 4.88 Å². The van der Waals surface area contributed by atoms with Crippen LogP contribution in [0.15, 0.2) is 29.8 Å². The Labute approximate surface area is 133 Å². The van der Waals surface area contributed by atoms with Crippen LogP contribution in [0.3, 0.4) is 0 Å². The van der Waals surface area contributed by atoms with Gasteiger partial charge in [0.25, 0.3) is 0 Å². The zero-order valence-electron chi connectivity index (χ0n) is 12.7. The average Bonchev–Trinajstić information content (AvgIpc) is 3.14. The summed E-state index contributed by atoms with van der Waals surface area (Å²) in [6.07, 6.45) is 2.70. The lowest BCUT2D eigenvalue weighted by molar-refractivity contribution is -0.121. The number of hydrogen-bond acceptors (Lipinski definition) is 4. The van der Waals surface area contributed by atoms with Crippen LogP contribution in [0.5, 0.6) is 0 Å². The summed E-state index contributed by atoms with van der Waals surface area (Å²) in [5.41, 5.74) is 2.78. The van der Waals surface area contributed by atoms with Gasteiger partial charge in [-0.3, -0.25) is 4.79 Å². The van der Waals surface area contributed by atoms with E-state index in [2.05, 4.69) is 26.8 Å². The fourth-order valence-electron chi connectivity index (χ4n) is 2.49. The van der Waals surface area contributed by atoms with Gasteiger partial charge < -0.3 is 5.32 Å². The first-order chi connectivity index (χ1) is 10.7. The van der Waals surface area contributed by atoms with Crippen molar-refractivity contribution in [3.8, 4) is 10.4 Å². The number of fused-ring (bicyclic) bond motifs is 1. The Bertz CT molecular complexity index is 792. The Morgan fingerprint density at radius 2 is 2.27 bits per heavy atom. The van der Waals surface area contributed by atoms with E-state index < -0.39 is 0 Å². The number of aromatic nitrogens is 3. The van der Waals surface area contributed by atoms with Crippen molar-refractivity contribution in [1.82, 2.24) is 20.1 Å². The summed E-state index contributed by atoms with van der Waals surface area (Å²) in [5, 5.41) is 10.5. The van der Waals surface area contributed by atoms with Crippen LogP contribution < -0.4 is 5.32 Å². The van der Waals surface area contributed by atoms with Crippen molar-refractivity contribution in [1.29, 1.82) is 0 Å². The smallest absolute Gasteiger partial charge is 0.241 e. The second kappa shape index (κ2) is 6.27. The normalized spacial score (nSPS) is 11.0. The molecule has 0 fully saturated rings. The first-order valence-corrected chi connectivity index (χ1v) is 8.21. The molecule has 0 aliphatic heterocycles. The van der Waals surface area contributed by atoms with Gasteiger partial charge in [0.05, 0.1) is 11.1 Å². The zero-order valence-corrected chi connectivity index (χ0v) is 13.5. The monoisotopic (exact) mass is 314 g/mol. The van der Waals surface area contributed by atoms with Crippen molar-refractivity contribution < 1.29 is 4.79 Å². The quantitative estimate of drug-likeness (QED) is 0.787. The van der Waals surface area contributed by atoms with E-state index >= 15 is 0 Å². The number of hydrogen-bond donors (Lipinski definition) is 1. The average molecular weight is 314 g/mol. The minimum Gasteiger partial charge on any atom is -0.355 e. The number of thiophene rings is 1. The number of aryl methyl sites for hydroxylation is 1. The fraction of sp³-hybridized carbons (Fsp3) is 0.312. The van der Waals surface area contributed by atoms with Gasteiger partial charge in [0.2, 0.25) is 5.91 Å². The van der Waals surface area contributed by atoms with Gasteiger partial charge in [0.1, 0.15) is 6.54 Å². The van der Waals surface area contributed by atoms with Gasteiger partial charge in [-0.25, -0.2) is 9.67 Å². The van der Waals surface area contributed by atoms with Gasteiger partial charge in [-0.15, -0.1) is 11.3 Å². The predicted molar refractivity (Wildman–Crippen MR) is 88.9 cm³/mol. The number of carbonyl (C=O) groups excluding carboxylic acids is 1. The van der Waals surface area contributed by atoms with Crippen LogP contribution in [-0.2, 0) is 11.3 Å². The highest BCUT2D eigenvalue weighted by molar-refractivity contribution is 7.13. The molecule has 0 bridgehead atoms. The van der Waals surface area contributed by atoms with Gasteiger partial charge in [-0.1, -0.05) is 13.0 Å². The molecule has 5 nitrogen and oxygen atoms in total. The zero-order chi connectivity index (χ0) is 15.5. The van der Waals surface area contributed by atoms with Crippen LogP contribution >= 0.6 is 11.3 Å². The van der Waals surface area contributed by atoms with Crippen molar-refractivity contribution in [2.45, 2.75) is 26.8 Å². The van der Waals surface area contributed by atoms with Gasteiger partial charge in [-0.2, -0.15) is 5.10 Å². The van der Waals surface area contributed by atoms with E-state index in [0.29, 0.717) is 6.54 Å². The number of pyridine rings is 1. The number of rotatable bonds is 5. The van der Waals surface area contributed by atoms with Crippen LogP contribution in [0.1, 0.15) is 19.0 Å². The first-order valence-electron chi connectivity index (χ1n) is 7.33. The number of carbonyl (C=O) groups is 1. The molecular formula is C16H18N4OS. The highest BCUT2D eigenvalue weighted by Crippen LogP contribution is 2.32.